The van der Waals surface area contributed by atoms with Gasteiger partial charge in [0.15, 0.2) is 5.78 Å². The molecular weight excluding hydrogens is 202 g/mol. The Kier molecular flexibility index (Phi) is 3.89. The van der Waals surface area contributed by atoms with Crippen LogP contribution in [-0.4, -0.2) is 11.7 Å². The summed E-state index contributed by atoms with van der Waals surface area (Å²) in [7, 11) is 0. The summed E-state index contributed by atoms with van der Waals surface area (Å²) in [6.07, 6.45) is 3.65. The number of ketones is 1. The van der Waals surface area contributed by atoms with Crippen LogP contribution in [0.15, 0.2) is 11.8 Å². The maximum Gasteiger partial charge on any atom is 0.237 e. The molecule has 1 aliphatic rings. The summed E-state index contributed by atoms with van der Waals surface area (Å²) in [5.41, 5.74) is -0.157. The molecule has 0 radical (unpaired) electrons. The lowest BCUT2D eigenvalue weighted by Gasteiger charge is -2.34. The minimum atomic E-state index is -0.818. The van der Waals surface area contributed by atoms with Crippen LogP contribution in [0.3, 0.4) is 0 Å². The van der Waals surface area contributed by atoms with Crippen molar-refractivity contribution >= 4 is 11.7 Å². The van der Waals surface area contributed by atoms with E-state index in [1.54, 1.807) is 6.92 Å². The minimum Gasteiger partial charge on any atom is -0.331 e. The number of hydrogen-bond acceptors (Lipinski definition) is 2. The van der Waals surface area contributed by atoms with Crippen LogP contribution in [-0.2, 0) is 9.59 Å². The van der Waals surface area contributed by atoms with Gasteiger partial charge in [-0.1, -0.05) is 27.2 Å². The summed E-state index contributed by atoms with van der Waals surface area (Å²) in [6, 6.07) is 0. The Labute approximate surface area is 97.3 Å². The lowest BCUT2D eigenvalue weighted by Crippen LogP contribution is -2.49. The van der Waals surface area contributed by atoms with E-state index in [1.165, 1.54) is 6.20 Å². The molecule has 1 heterocycles. The van der Waals surface area contributed by atoms with E-state index in [1.807, 2.05) is 20.8 Å². The highest BCUT2D eigenvalue weighted by Crippen LogP contribution is 2.37. The molecule has 1 atom stereocenters. The Morgan fingerprint density at radius 1 is 1.38 bits per heavy atom. The molecule has 3 heteroatoms. The highest BCUT2D eigenvalue weighted by atomic mass is 16.2. The SMILES string of the molecule is CCCC1(CC(C)C)C(=O)NC=C(C)C1=O. The zero-order valence-electron chi connectivity index (χ0n) is 10.6. The van der Waals surface area contributed by atoms with E-state index in [4.69, 9.17) is 0 Å². The summed E-state index contributed by atoms with van der Waals surface area (Å²) >= 11 is 0. The molecule has 1 amide bonds. The van der Waals surface area contributed by atoms with Gasteiger partial charge in [-0.25, -0.2) is 0 Å². The van der Waals surface area contributed by atoms with E-state index in [0.29, 0.717) is 24.3 Å². The van der Waals surface area contributed by atoms with Crippen molar-refractivity contribution in [3.8, 4) is 0 Å². The Balaban J connectivity index is 3.11. The summed E-state index contributed by atoms with van der Waals surface area (Å²) in [5, 5.41) is 2.72. The second-order valence-corrected chi connectivity index (χ2v) is 5.06. The van der Waals surface area contributed by atoms with Crippen LogP contribution < -0.4 is 5.32 Å². The van der Waals surface area contributed by atoms with Crippen LogP contribution in [0.4, 0.5) is 0 Å². The van der Waals surface area contributed by atoms with E-state index in [2.05, 4.69) is 5.32 Å². The number of nitrogens with one attached hydrogen (secondary N) is 1. The third kappa shape index (κ3) is 2.18. The number of carbonyl (C=O) groups is 2. The molecule has 0 aliphatic carbocycles. The second kappa shape index (κ2) is 4.81. The van der Waals surface area contributed by atoms with Crippen molar-refractivity contribution in [1.29, 1.82) is 0 Å². The van der Waals surface area contributed by atoms with E-state index < -0.39 is 5.41 Å². The predicted octanol–water partition coefficient (Wildman–Crippen LogP) is 2.42. The molecule has 1 rings (SSSR count). The fourth-order valence-electron chi connectivity index (χ4n) is 2.50. The Bertz CT molecular complexity index is 331. The number of Topliss-reactive ketones (excluding diaryl/α,β-unsaturated/α-hetero) is 1. The predicted molar refractivity (Wildman–Crippen MR) is 63.7 cm³/mol. The summed E-state index contributed by atoms with van der Waals surface area (Å²) in [4.78, 5) is 24.3. The lowest BCUT2D eigenvalue weighted by atomic mass is 9.69. The average molecular weight is 223 g/mol. The van der Waals surface area contributed by atoms with Gasteiger partial charge in [0.25, 0.3) is 0 Å². The molecule has 0 spiro atoms. The van der Waals surface area contributed by atoms with Gasteiger partial charge in [0.1, 0.15) is 5.41 Å². The van der Waals surface area contributed by atoms with Gasteiger partial charge >= 0.3 is 0 Å². The first-order valence-corrected chi connectivity index (χ1v) is 5.96. The van der Waals surface area contributed by atoms with Crippen LogP contribution in [0.1, 0.15) is 47.0 Å². The van der Waals surface area contributed by atoms with Gasteiger partial charge in [-0.3, -0.25) is 9.59 Å². The number of carbonyl (C=O) groups excluding carboxylic acids is 2. The normalized spacial score (nSPS) is 25.7. The first-order chi connectivity index (χ1) is 7.44. The van der Waals surface area contributed by atoms with E-state index >= 15 is 0 Å². The zero-order valence-corrected chi connectivity index (χ0v) is 10.6. The van der Waals surface area contributed by atoms with Gasteiger partial charge in [-0.15, -0.1) is 0 Å². The van der Waals surface area contributed by atoms with Crippen molar-refractivity contribution in [1.82, 2.24) is 5.32 Å². The van der Waals surface area contributed by atoms with Crippen molar-refractivity contribution in [3.63, 3.8) is 0 Å². The number of allylic oxidation sites excluding steroid dienone is 1. The molecule has 1 aliphatic heterocycles. The molecule has 3 nitrogen and oxygen atoms in total. The van der Waals surface area contributed by atoms with Crippen molar-refractivity contribution in [3.05, 3.63) is 11.8 Å². The Hall–Kier alpha value is -1.12. The molecule has 1 unspecified atom stereocenters. The van der Waals surface area contributed by atoms with Crippen molar-refractivity contribution in [2.24, 2.45) is 11.3 Å². The van der Waals surface area contributed by atoms with Crippen LogP contribution in [0.25, 0.3) is 0 Å². The molecule has 0 aromatic heterocycles. The molecular formula is C13H21NO2. The molecule has 0 bridgehead atoms. The smallest absolute Gasteiger partial charge is 0.237 e. The quantitative estimate of drug-likeness (QED) is 0.744. The number of hydrogen-bond donors (Lipinski definition) is 1. The molecule has 90 valence electrons. The van der Waals surface area contributed by atoms with Gasteiger partial charge in [0, 0.05) is 11.8 Å². The minimum absolute atomic E-state index is 0.00630. The first kappa shape index (κ1) is 12.9. The maximum absolute atomic E-state index is 12.3. The number of rotatable bonds is 4. The van der Waals surface area contributed by atoms with Gasteiger partial charge in [-0.05, 0) is 25.7 Å². The summed E-state index contributed by atoms with van der Waals surface area (Å²) in [5.74, 6) is 0.220. The highest BCUT2D eigenvalue weighted by molar-refractivity contribution is 6.15. The summed E-state index contributed by atoms with van der Waals surface area (Å²) < 4.78 is 0. The van der Waals surface area contributed by atoms with Crippen molar-refractivity contribution in [2.75, 3.05) is 0 Å². The van der Waals surface area contributed by atoms with Gasteiger partial charge < -0.3 is 5.32 Å². The molecule has 0 saturated carbocycles. The van der Waals surface area contributed by atoms with Crippen LogP contribution in [0.2, 0.25) is 0 Å². The van der Waals surface area contributed by atoms with E-state index in [0.717, 1.165) is 6.42 Å². The maximum atomic E-state index is 12.3. The third-order valence-electron chi connectivity index (χ3n) is 3.08. The van der Waals surface area contributed by atoms with Crippen molar-refractivity contribution < 1.29 is 9.59 Å². The number of amides is 1. The fraction of sp³-hybridized carbons (Fsp3) is 0.692. The topological polar surface area (TPSA) is 46.2 Å². The zero-order chi connectivity index (χ0) is 12.3. The Morgan fingerprint density at radius 2 is 2.00 bits per heavy atom. The van der Waals surface area contributed by atoms with E-state index in [-0.39, 0.29) is 11.7 Å². The standard InChI is InChI=1S/C13H21NO2/c1-5-6-13(7-9(2)3)11(15)10(4)8-14-12(13)16/h8-9H,5-7H2,1-4H3,(H,14,16). The highest BCUT2D eigenvalue weighted by Gasteiger charge is 2.47. The Morgan fingerprint density at radius 3 is 2.50 bits per heavy atom. The first-order valence-electron chi connectivity index (χ1n) is 5.96. The molecule has 0 fully saturated rings. The van der Waals surface area contributed by atoms with Crippen LogP contribution in [0.5, 0.6) is 0 Å². The van der Waals surface area contributed by atoms with Crippen molar-refractivity contribution in [2.45, 2.75) is 47.0 Å². The molecule has 0 saturated heterocycles. The molecule has 0 aromatic rings. The van der Waals surface area contributed by atoms with Gasteiger partial charge in [-0.2, -0.15) is 0 Å². The molecule has 0 aromatic carbocycles. The fourth-order valence-corrected chi connectivity index (χ4v) is 2.50. The molecule has 16 heavy (non-hydrogen) atoms. The third-order valence-corrected chi connectivity index (χ3v) is 3.08. The van der Waals surface area contributed by atoms with Gasteiger partial charge in [0.2, 0.25) is 5.91 Å². The largest absolute Gasteiger partial charge is 0.331 e. The van der Waals surface area contributed by atoms with Crippen LogP contribution >= 0.6 is 0 Å². The monoisotopic (exact) mass is 223 g/mol. The second-order valence-electron chi connectivity index (χ2n) is 5.06. The summed E-state index contributed by atoms with van der Waals surface area (Å²) in [6.45, 7) is 7.88. The molecule has 1 N–H and O–H groups in total. The van der Waals surface area contributed by atoms with E-state index in [9.17, 15) is 9.59 Å². The lowest BCUT2D eigenvalue weighted by molar-refractivity contribution is -0.142. The van der Waals surface area contributed by atoms with Gasteiger partial charge in [0.05, 0.1) is 0 Å². The average Bonchev–Trinajstić information content (AvgIpc) is 2.20. The van der Waals surface area contributed by atoms with Crippen LogP contribution in [0, 0.1) is 11.3 Å².